The number of benzene rings is 1. The summed E-state index contributed by atoms with van der Waals surface area (Å²) in [6.07, 6.45) is 0. The summed E-state index contributed by atoms with van der Waals surface area (Å²) < 4.78 is 12.8. The minimum Gasteiger partial charge on any atom is -0.331 e. The van der Waals surface area contributed by atoms with Gasteiger partial charge < -0.3 is 10.2 Å². The zero-order chi connectivity index (χ0) is 10.7. The summed E-state index contributed by atoms with van der Waals surface area (Å²) in [7, 11) is 3.26. The van der Waals surface area contributed by atoms with E-state index >= 15 is 0 Å². The molecule has 0 aliphatic rings. The molecule has 0 radical (unpaired) electrons. The first-order valence-corrected chi connectivity index (χ1v) is 4.25. The molecule has 4 heteroatoms. The Labute approximate surface area is 82.5 Å². The van der Waals surface area contributed by atoms with E-state index in [9.17, 15) is 9.18 Å². The largest absolute Gasteiger partial charge is 0.331 e. The Balaban J connectivity index is 2.86. The van der Waals surface area contributed by atoms with E-state index in [0.29, 0.717) is 5.69 Å². The number of aryl methyl sites for hydroxylation is 1. The molecule has 0 heterocycles. The minimum atomic E-state index is -0.357. The first-order valence-electron chi connectivity index (χ1n) is 4.25. The molecule has 1 rings (SSSR count). The third kappa shape index (κ3) is 2.45. The smallest absolute Gasteiger partial charge is 0.321 e. The van der Waals surface area contributed by atoms with Crippen LogP contribution in [-0.4, -0.2) is 25.0 Å². The molecule has 0 aliphatic heterocycles. The molecule has 0 aliphatic carbocycles. The van der Waals surface area contributed by atoms with Gasteiger partial charge in [0.2, 0.25) is 0 Å². The van der Waals surface area contributed by atoms with Crippen molar-refractivity contribution < 1.29 is 9.18 Å². The van der Waals surface area contributed by atoms with Crippen molar-refractivity contribution in [2.75, 3.05) is 19.4 Å². The number of rotatable bonds is 1. The maximum Gasteiger partial charge on any atom is 0.321 e. The lowest BCUT2D eigenvalue weighted by molar-refractivity contribution is 0.230. The molecule has 1 N–H and O–H groups in total. The first kappa shape index (κ1) is 10.5. The Morgan fingerprint density at radius 3 is 2.64 bits per heavy atom. The van der Waals surface area contributed by atoms with Crippen LogP contribution in [0.15, 0.2) is 18.2 Å². The highest BCUT2D eigenvalue weighted by Crippen LogP contribution is 2.15. The van der Waals surface area contributed by atoms with Crippen molar-refractivity contribution in [3.8, 4) is 0 Å². The molecular weight excluding hydrogens is 183 g/mol. The molecule has 0 fully saturated rings. The van der Waals surface area contributed by atoms with Crippen LogP contribution < -0.4 is 5.32 Å². The number of urea groups is 1. The molecule has 0 saturated carbocycles. The van der Waals surface area contributed by atoms with Crippen LogP contribution in [0.2, 0.25) is 0 Å². The number of anilines is 1. The maximum atomic E-state index is 12.8. The lowest BCUT2D eigenvalue weighted by Gasteiger charge is -2.13. The molecule has 0 spiro atoms. The Bertz CT molecular complexity index is 350. The monoisotopic (exact) mass is 196 g/mol. The zero-order valence-electron chi connectivity index (χ0n) is 8.47. The van der Waals surface area contributed by atoms with Crippen molar-refractivity contribution in [3.63, 3.8) is 0 Å². The fraction of sp³-hybridized carbons (Fsp3) is 0.300. The van der Waals surface area contributed by atoms with Crippen molar-refractivity contribution in [3.05, 3.63) is 29.6 Å². The molecule has 0 aromatic heterocycles. The van der Waals surface area contributed by atoms with Gasteiger partial charge >= 0.3 is 6.03 Å². The molecule has 2 amide bonds. The third-order valence-electron chi connectivity index (χ3n) is 1.85. The van der Waals surface area contributed by atoms with E-state index in [4.69, 9.17) is 0 Å². The van der Waals surface area contributed by atoms with Gasteiger partial charge in [0.15, 0.2) is 0 Å². The van der Waals surface area contributed by atoms with Crippen LogP contribution >= 0.6 is 0 Å². The van der Waals surface area contributed by atoms with Gasteiger partial charge in [-0.15, -0.1) is 0 Å². The van der Waals surface area contributed by atoms with E-state index in [1.165, 1.54) is 17.0 Å². The van der Waals surface area contributed by atoms with E-state index in [1.807, 2.05) is 6.92 Å². The molecule has 14 heavy (non-hydrogen) atoms. The van der Waals surface area contributed by atoms with Gasteiger partial charge in [0.1, 0.15) is 5.82 Å². The third-order valence-corrected chi connectivity index (χ3v) is 1.85. The Morgan fingerprint density at radius 2 is 2.07 bits per heavy atom. The average Bonchev–Trinajstić information content (AvgIpc) is 2.11. The summed E-state index contributed by atoms with van der Waals surface area (Å²) in [4.78, 5) is 12.7. The standard InChI is InChI=1S/C10H13FN2O/c1-7-4-5-8(11)6-9(7)12-10(14)13(2)3/h4-6H,1-3H3,(H,12,14). The first-order chi connectivity index (χ1) is 6.50. The van der Waals surface area contributed by atoms with Gasteiger partial charge in [0, 0.05) is 19.8 Å². The van der Waals surface area contributed by atoms with Crippen molar-refractivity contribution in [2.24, 2.45) is 0 Å². The molecule has 0 bridgehead atoms. The van der Waals surface area contributed by atoms with E-state index in [0.717, 1.165) is 5.56 Å². The van der Waals surface area contributed by atoms with Crippen LogP contribution in [0.4, 0.5) is 14.9 Å². The topological polar surface area (TPSA) is 32.3 Å². The molecule has 1 aromatic carbocycles. The number of hydrogen-bond acceptors (Lipinski definition) is 1. The number of carbonyl (C=O) groups excluding carboxylic acids is 1. The number of amides is 2. The Kier molecular flexibility index (Phi) is 3.06. The predicted octanol–water partition coefficient (Wildman–Crippen LogP) is 2.23. The average molecular weight is 196 g/mol. The second-order valence-electron chi connectivity index (χ2n) is 3.28. The predicted molar refractivity (Wildman–Crippen MR) is 53.8 cm³/mol. The molecule has 0 atom stereocenters. The molecular formula is C10H13FN2O. The van der Waals surface area contributed by atoms with Crippen LogP contribution in [0.25, 0.3) is 0 Å². The van der Waals surface area contributed by atoms with Crippen LogP contribution in [0.3, 0.4) is 0 Å². The maximum absolute atomic E-state index is 12.8. The number of nitrogens with zero attached hydrogens (tertiary/aromatic N) is 1. The van der Waals surface area contributed by atoms with Gasteiger partial charge in [-0.25, -0.2) is 9.18 Å². The summed E-state index contributed by atoms with van der Waals surface area (Å²) in [5.74, 6) is -0.357. The number of hydrogen-bond donors (Lipinski definition) is 1. The van der Waals surface area contributed by atoms with Gasteiger partial charge in [-0.2, -0.15) is 0 Å². The summed E-state index contributed by atoms with van der Waals surface area (Å²) in [6, 6.07) is 4.02. The number of carbonyl (C=O) groups is 1. The lowest BCUT2D eigenvalue weighted by Crippen LogP contribution is -2.27. The normalized spacial score (nSPS) is 9.71. The van der Waals surface area contributed by atoms with Gasteiger partial charge in [-0.1, -0.05) is 6.07 Å². The summed E-state index contributed by atoms with van der Waals surface area (Å²) in [5, 5.41) is 2.60. The second-order valence-corrected chi connectivity index (χ2v) is 3.28. The van der Waals surface area contributed by atoms with Crippen LogP contribution in [0.1, 0.15) is 5.56 Å². The highest BCUT2D eigenvalue weighted by atomic mass is 19.1. The molecule has 76 valence electrons. The highest BCUT2D eigenvalue weighted by molar-refractivity contribution is 5.89. The minimum absolute atomic E-state index is 0.265. The Hall–Kier alpha value is -1.58. The van der Waals surface area contributed by atoms with Gasteiger partial charge in [0.05, 0.1) is 0 Å². The highest BCUT2D eigenvalue weighted by Gasteiger charge is 2.06. The van der Waals surface area contributed by atoms with Crippen molar-refractivity contribution in [2.45, 2.75) is 6.92 Å². The van der Waals surface area contributed by atoms with Crippen molar-refractivity contribution in [1.82, 2.24) is 4.90 Å². The number of halogens is 1. The summed E-state index contributed by atoms with van der Waals surface area (Å²) in [6.45, 7) is 1.81. The molecule has 3 nitrogen and oxygen atoms in total. The van der Waals surface area contributed by atoms with Gasteiger partial charge in [-0.3, -0.25) is 0 Å². The van der Waals surface area contributed by atoms with Gasteiger partial charge in [-0.05, 0) is 24.6 Å². The van der Waals surface area contributed by atoms with Crippen LogP contribution in [0, 0.1) is 12.7 Å². The van der Waals surface area contributed by atoms with E-state index in [2.05, 4.69) is 5.32 Å². The van der Waals surface area contributed by atoms with E-state index < -0.39 is 0 Å². The quantitative estimate of drug-likeness (QED) is 0.733. The zero-order valence-corrected chi connectivity index (χ0v) is 8.47. The van der Waals surface area contributed by atoms with E-state index in [1.54, 1.807) is 20.2 Å². The Morgan fingerprint density at radius 1 is 1.43 bits per heavy atom. The van der Waals surface area contributed by atoms with E-state index in [-0.39, 0.29) is 11.8 Å². The SMILES string of the molecule is Cc1ccc(F)cc1NC(=O)N(C)C. The van der Waals surface area contributed by atoms with Gasteiger partial charge in [0.25, 0.3) is 0 Å². The fourth-order valence-electron chi connectivity index (χ4n) is 0.956. The molecule has 0 unspecified atom stereocenters. The van der Waals surface area contributed by atoms with Crippen molar-refractivity contribution >= 4 is 11.7 Å². The van der Waals surface area contributed by atoms with Crippen LogP contribution in [0.5, 0.6) is 0 Å². The second kappa shape index (κ2) is 4.09. The molecule has 0 saturated heterocycles. The number of nitrogens with one attached hydrogen (secondary N) is 1. The summed E-state index contributed by atoms with van der Waals surface area (Å²) >= 11 is 0. The fourth-order valence-corrected chi connectivity index (χ4v) is 0.956. The summed E-state index contributed by atoms with van der Waals surface area (Å²) in [5.41, 5.74) is 1.34. The van der Waals surface area contributed by atoms with Crippen molar-refractivity contribution in [1.29, 1.82) is 0 Å². The molecule has 1 aromatic rings. The lowest BCUT2D eigenvalue weighted by atomic mass is 10.2. The van der Waals surface area contributed by atoms with Crippen LogP contribution in [-0.2, 0) is 0 Å².